The third-order valence-electron chi connectivity index (χ3n) is 4.67. The molecule has 1 unspecified atom stereocenters. The van der Waals surface area contributed by atoms with E-state index >= 15 is 0 Å². The molecule has 0 aliphatic heterocycles. The zero-order valence-electron chi connectivity index (χ0n) is 14.9. The zero-order valence-corrected chi connectivity index (χ0v) is 14.9. The van der Waals surface area contributed by atoms with Crippen LogP contribution in [-0.4, -0.2) is 27.2 Å². The highest BCUT2D eigenvalue weighted by Gasteiger charge is 2.25. The van der Waals surface area contributed by atoms with Gasteiger partial charge in [-0.1, -0.05) is 33.1 Å². The standard InChI is InChI=1S/C18H28N6/c1-4-5-6-7-12(2)14-11-20-18(19-3)22-17(14)21-16-10-15(23-24-16)13-8-9-13/h10-13H,4-9H2,1-3H3,(H3,19,20,21,22,23,24). The van der Waals surface area contributed by atoms with Crippen molar-refractivity contribution in [3.05, 3.63) is 23.5 Å². The molecule has 0 radical (unpaired) electrons. The van der Waals surface area contributed by atoms with E-state index in [0.29, 0.717) is 17.8 Å². The van der Waals surface area contributed by atoms with Crippen LogP contribution < -0.4 is 10.6 Å². The van der Waals surface area contributed by atoms with Crippen molar-refractivity contribution in [1.82, 2.24) is 20.2 Å². The molecule has 2 aromatic heterocycles. The van der Waals surface area contributed by atoms with E-state index < -0.39 is 0 Å². The zero-order chi connectivity index (χ0) is 16.9. The van der Waals surface area contributed by atoms with Gasteiger partial charge in [-0.3, -0.25) is 5.10 Å². The number of anilines is 3. The molecule has 1 aliphatic carbocycles. The second-order valence-electron chi connectivity index (χ2n) is 6.75. The number of H-pyrrole nitrogens is 1. The first kappa shape index (κ1) is 16.7. The minimum atomic E-state index is 0.423. The Morgan fingerprint density at radius 1 is 1.33 bits per heavy atom. The molecule has 24 heavy (non-hydrogen) atoms. The summed E-state index contributed by atoms with van der Waals surface area (Å²) in [5, 5.41) is 13.9. The molecule has 2 heterocycles. The molecule has 130 valence electrons. The molecule has 0 spiro atoms. The molecule has 2 aromatic rings. The van der Waals surface area contributed by atoms with E-state index in [4.69, 9.17) is 0 Å². The molecule has 1 aliphatic rings. The molecule has 0 amide bonds. The third kappa shape index (κ3) is 4.04. The summed E-state index contributed by atoms with van der Waals surface area (Å²) in [6.45, 7) is 4.48. The highest BCUT2D eigenvalue weighted by molar-refractivity contribution is 5.58. The van der Waals surface area contributed by atoms with Gasteiger partial charge in [-0.15, -0.1) is 0 Å². The molecule has 6 nitrogen and oxygen atoms in total. The lowest BCUT2D eigenvalue weighted by Gasteiger charge is -2.16. The summed E-state index contributed by atoms with van der Waals surface area (Å²) in [5.74, 6) is 3.40. The smallest absolute Gasteiger partial charge is 0.224 e. The van der Waals surface area contributed by atoms with Crippen LogP contribution in [-0.2, 0) is 0 Å². The Hall–Kier alpha value is -2.11. The number of unbranched alkanes of at least 4 members (excludes halogenated alkanes) is 2. The number of nitrogens with one attached hydrogen (secondary N) is 3. The lowest BCUT2D eigenvalue weighted by Crippen LogP contribution is -2.07. The fourth-order valence-corrected chi connectivity index (χ4v) is 2.95. The van der Waals surface area contributed by atoms with Gasteiger partial charge in [-0.2, -0.15) is 10.1 Å². The van der Waals surface area contributed by atoms with Crippen LogP contribution in [0.4, 0.5) is 17.6 Å². The lowest BCUT2D eigenvalue weighted by molar-refractivity contribution is 0.596. The molecular formula is C18H28N6. The maximum absolute atomic E-state index is 4.62. The quantitative estimate of drug-likeness (QED) is 0.589. The highest BCUT2D eigenvalue weighted by Crippen LogP contribution is 2.40. The van der Waals surface area contributed by atoms with Crippen molar-refractivity contribution >= 4 is 17.6 Å². The minimum Gasteiger partial charge on any atom is -0.357 e. The number of hydrogen-bond acceptors (Lipinski definition) is 5. The third-order valence-corrected chi connectivity index (χ3v) is 4.67. The molecular weight excluding hydrogens is 300 g/mol. The van der Waals surface area contributed by atoms with Crippen molar-refractivity contribution in [2.45, 2.75) is 64.2 Å². The summed E-state index contributed by atoms with van der Waals surface area (Å²) < 4.78 is 0. The highest BCUT2D eigenvalue weighted by atomic mass is 15.2. The van der Waals surface area contributed by atoms with E-state index in [1.54, 1.807) is 0 Å². The molecule has 0 aromatic carbocycles. The van der Waals surface area contributed by atoms with Gasteiger partial charge in [-0.25, -0.2) is 4.98 Å². The van der Waals surface area contributed by atoms with Crippen LogP contribution in [0, 0.1) is 0 Å². The molecule has 0 bridgehead atoms. The van der Waals surface area contributed by atoms with Crippen molar-refractivity contribution in [3.8, 4) is 0 Å². The normalized spacial score (nSPS) is 15.3. The minimum absolute atomic E-state index is 0.423. The summed E-state index contributed by atoms with van der Waals surface area (Å²) in [6, 6.07) is 2.10. The van der Waals surface area contributed by atoms with Gasteiger partial charge in [0.1, 0.15) is 5.82 Å². The van der Waals surface area contributed by atoms with Crippen molar-refractivity contribution in [3.63, 3.8) is 0 Å². The van der Waals surface area contributed by atoms with Gasteiger partial charge >= 0.3 is 0 Å². The molecule has 1 fully saturated rings. The van der Waals surface area contributed by atoms with E-state index in [0.717, 1.165) is 23.6 Å². The van der Waals surface area contributed by atoms with Gasteiger partial charge in [0.2, 0.25) is 5.95 Å². The Bertz CT molecular complexity index is 661. The van der Waals surface area contributed by atoms with Crippen molar-refractivity contribution < 1.29 is 0 Å². The molecule has 0 saturated heterocycles. The van der Waals surface area contributed by atoms with Gasteiger partial charge in [0, 0.05) is 36.5 Å². The Morgan fingerprint density at radius 2 is 2.17 bits per heavy atom. The van der Waals surface area contributed by atoms with Crippen LogP contribution >= 0.6 is 0 Å². The largest absolute Gasteiger partial charge is 0.357 e. The lowest BCUT2D eigenvalue weighted by atomic mass is 9.96. The number of aromatic amines is 1. The molecule has 6 heteroatoms. The van der Waals surface area contributed by atoms with Gasteiger partial charge in [0.15, 0.2) is 5.82 Å². The van der Waals surface area contributed by atoms with Gasteiger partial charge in [0.25, 0.3) is 0 Å². The Balaban J connectivity index is 1.77. The predicted octanol–water partition coefficient (Wildman–Crippen LogP) is 4.55. The van der Waals surface area contributed by atoms with E-state index in [2.05, 4.69) is 50.7 Å². The van der Waals surface area contributed by atoms with Crippen molar-refractivity contribution in [2.75, 3.05) is 17.7 Å². The van der Waals surface area contributed by atoms with E-state index in [9.17, 15) is 0 Å². The first-order valence-electron chi connectivity index (χ1n) is 9.08. The number of nitrogens with zero attached hydrogens (tertiary/aromatic N) is 3. The van der Waals surface area contributed by atoms with Crippen molar-refractivity contribution in [2.24, 2.45) is 0 Å². The monoisotopic (exact) mass is 328 g/mol. The average Bonchev–Trinajstić information content (AvgIpc) is 3.35. The molecule has 3 N–H and O–H groups in total. The van der Waals surface area contributed by atoms with Gasteiger partial charge < -0.3 is 10.6 Å². The van der Waals surface area contributed by atoms with Crippen LogP contribution in [0.2, 0.25) is 0 Å². The van der Waals surface area contributed by atoms with E-state index in [1.165, 1.54) is 37.8 Å². The van der Waals surface area contributed by atoms with Crippen LogP contribution in [0.25, 0.3) is 0 Å². The Kier molecular flexibility index (Phi) is 5.33. The fourth-order valence-electron chi connectivity index (χ4n) is 2.95. The van der Waals surface area contributed by atoms with Crippen LogP contribution in [0.15, 0.2) is 12.3 Å². The topological polar surface area (TPSA) is 78.5 Å². The number of hydrogen-bond donors (Lipinski definition) is 3. The van der Waals surface area contributed by atoms with Crippen molar-refractivity contribution in [1.29, 1.82) is 0 Å². The van der Waals surface area contributed by atoms with Gasteiger partial charge in [-0.05, 0) is 25.2 Å². The molecule has 3 rings (SSSR count). The summed E-state index contributed by atoms with van der Waals surface area (Å²) >= 11 is 0. The average molecular weight is 328 g/mol. The summed E-state index contributed by atoms with van der Waals surface area (Å²) in [4.78, 5) is 9.02. The van der Waals surface area contributed by atoms with E-state index in [-0.39, 0.29) is 0 Å². The SMILES string of the molecule is CCCCCC(C)c1cnc(NC)nc1Nc1cc(C2CC2)[nH]n1. The summed E-state index contributed by atoms with van der Waals surface area (Å²) in [5.41, 5.74) is 2.37. The second kappa shape index (κ2) is 7.64. The molecule has 1 atom stereocenters. The first-order valence-corrected chi connectivity index (χ1v) is 9.08. The van der Waals surface area contributed by atoms with E-state index in [1.807, 2.05) is 13.2 Å². The van der Waals surface area contributed by atoms with Crippen LogP contribution in [0.3, 0.4) is 0 Å². The maximum Gasteiger partial charge on any atom is 0.224 e. The predicted molar refractivity (Wildman–Crippen MR) is 98.0 cm³/mol. The second-order valence-corrected chi connectivity index (χ2v) is 6.75. The summed E-state index contributed by atoms with van der Waals surface area (Å²) in [7, 11) is 1.84. The fraction of sp³-hybridized carbons (Fsp3) is 0.611. The van der Waals surface area contributed by atoms with Crippen LogP contribution in [0.1, 0.15) is 75.5 Å². The number of aromatic nitrogens is 4. The number of rotatable bonds is 9. The maximum atomic E-state index is 4.62. The Labute approximate surface area is 143 Å². The van der Waals surface area contributed by atoms with Crippen LogP contribution in [0.5, 0.6) is 0 Å². The first-order chi connectivity index (χ1) is 11.7. The summed E-state index contributed by atoms with van der Waals surface area (Å²) in [6.07, 6.45) is 9.36. The van der Waals surface area contributed by atoms with Gasteiger partial charge in [0.05, 0.1) is 0 Å². The molecule has 1 saturated carbocycles. The Morgan fingerprint density at radius 3 is 2.88 bits per heavy atom.